The second kappa shape index (κ2) is 14.6. The van der Waals surface area contributed by atoms with E-state index in [4.69, 9.17) is 4.42 Å². The van der Waals surface area contributed by atoms with Gasteiger partial charge >= 0.3 is 0 Å². The SMILES string of the molecule is Cc1ccc(N2c3cc4c(cc3B3c5oc6cc7c(cc6c5N(c5ccc(C(C)(C)C)cc5)c5cc(-c6ccc([Si](C)(C)C)cc6)cc2c53)C(C)(C)CCC7(C)C)C(C)(C)CCC4(C)C)c(C)c1. The van der Waals surface area contributed by atoms with Crippen LogP contribution in [0.4, 0.5) is 34.1 Å². The maximum Gasteiger partial charge on any atom is 0.297 e. The Kier molecular flexibility index (Phi) is 9.73. The number of furan rings is 1. The molecule has 0 radical (unpaired) electrons. The number of hydrogen-bond donors (Lipinski definition) is 0. The third kappa shape index (κ3) is 6.86. The van der Waals surface area contributed by atoms with Crippen molar-refractivity contribution in [3.63, 3.8) is 0 Å². The van der Waals surface area contributed by atoms with Crippen molar-refractivity contribution in [3.05, 3.63) is 142 Å². The highest BCUT2D eigenvalue weighted by atomic mass is 28.3. The first-order valence-electron chi connectivity index (χ1n) is 25.6. The fraction of sp³-hybridized carbons (Fsp3) is 0.397. The Morgan fingerprint density at radius 3 is 1.65 bits per heavy atom. The van der Waals surface area contributed by atoms with E-state index < -0.39 is 8.07 Å². The van der Waals surface area contributed by atoms with Crippen molar-refractivity contribution < 1.29 is 4.42 Å². The monoisotopic (exact) mass is 913 g/mol. The van der Waals surface area contributed by atoms with Crippen LogP contribution in [0.2, 0.25) is 19.6 Å². The van der Waals surface area contributed by atoms with Gasteiger partial charge in [-0.05, 0) is 171 Å². The maximum absolute atomic E-state index is 7.67. The van der Waals surface area contributed by atoms with E-state index in [9.17, 15) is 0 Å². The summed E-state index contributed by atoms with van der Waals surface area (Å²) in [6.07, 6.45) is 4.63. The number of nitrogens with zero attached hydrogens (tertiary/aromatic N) is 2. The highest BCUT2D eigenvalue weighted by Gasteiger charge is 2.50. The van der Waals surface area contributed by atoms with Crippen molar-refractivity contribution >= 4 is 81.7 Å². The molecule has 4 aliphatic rings. The van der Waals surface area contributed by atoms with Crippen LogP contribution in [0.5, 0.6) is 0 Å². The molecular formula is C63H73BN2OSi. The molecule has 348 valence electrons. The summed E-state index contributed by atoms with van der Waals surface area (Å²) in [7, 11) is -1.53. The molecule has 0 saturated heterocycles. The van der Waals surface area contributed by atoms with E-state index in [0.717, 1.165) is 42.6 Å². The predicted molar refractivity (Wildman–Crippen MR) is 297 cm³/mol. The summed E-state index contributed by atoms with van der Waals surface area (Å²) in [5.74, 6) is 0. The minimum absolute atomic E-state index is 0.0230. The third-order valence-electron chi connectivity index (χ3n) is 17.3. The van der Waals surface area contributed by atoms with Gasteiger partial charge in [-0.3, -0.25) is 0 Å². The van der Waals surface area contributed by atoms with Crippen molar-refractivity contribution in [1.29, 1.82) is 0 Å². The van der Waals surface area contributed by atoms with Gasteiger partial charge in [-0.2, -0.15) is 0 Å². The van der Waals surface area contributed by atoms with Crippen LogP contribution >= 0.6 is 0 Å². The molecular weight excluding hydrogens is 840 g/mol. The summed E-state index contributed by atoms with van der Waals surface area (Å²) in [6, 6.07) is 41.4. The highest BCUT2D eigenvalue weighted by Crippen LogP contribution is 2.54. The van der Waals surface area contributed by atoms with Gasteiger partial charge in [0, 0.05) is 33.8 Å². The van der Waals surface area contributed by atoms with E-state index in [0.29, 0.717) is 0 Å². The van der Waals surface area contributed by atoms with E-state index in [1.807, 2.05) is 0 Å². The molecule has 0 saturated carbocycles. The summed E-state index contributed by atoms with van der Waals surface area (Å²) < 4.78 is 7.67. The average molecular weight is 913 g/mol. The lowest BCUT2D eigenvalue weighted by Crippen LogP contribution is -2.61. The highest BCUT2D eigenvalue weighted by molar-refractivity contribution is 7.00. The van der Waals surface area contributed by atoms with Crippen LogP contribution in [0, 0.1) is 13.8 Å². The molecule has 1 aromatic heterocycles. The molecule has 0 spiro atoms. The predicted octanol–water partition coefficient (Wildman–Crippen LogP) is 15.3. The van der Waals surface area contributed by atoms with E-state index in [1.54, 1.807) is 0 Å². The second-order valence-electron chi connectivity index (χ2n) is 26.1. The van der Waals surface area contributed by atoms with E-state index in [-0.39, 0.29) is 33.8 Å². The molecule has 0 unspecified atom stereocenters. The quantitative estimate of drug-likeness (QED) is 0.164. The lowest BCUT2D eigenvalue weighted by molar-refractivity contribution is 0.332. The zero-order valence-corrected chi connectivity index (χ0v) is 45.0. The first-order chi connectivity index (χ1) is 31.7. The molecule has 3 nitrogen and oxygen atoms in total. The van der Waals surface area contributed by atoms with Gasteiger partial charge < -0.3 is 14.2 Å². The standard InChI is InChI=1S/C63H73BN2OSi/c1-38-17-26-51(39(2)31-38)66-52-36-48-47(61(8,9)28-29-62(48,10)11)35-50(52)64-56-53(32-41(33-54(56)66)40-18-24-44(25-19-40)68(14,15)16)65(43-22-20-42(21-23-43)59(3,4)5)57-45-34-46-49(37-55(45)67-58(57)64)63(12,13)30-27-60(46,6)7/h17-26,31-37H,27-30H2,1-16H3. The van der Waals surface area contributed by atoms with Crippen molar-refractivity contribution in [2.24, 2.45) is 0 Å². The zero-order chi connectivity index (χ0) is 48.4. The first-order valence-corrected chi connectivity index (χ1v) is 29.1. The molecule has 6 aromatic carbocycles. The topological polar surface area (TPSA) is 19.6 Å². The first kappa shape index (κ1) is 45.2. The summed E-state index contributed by atoms with van der Waals surface area (Å²) >= 11 is 0. The fourth-order valence-electron chi connectivity index (χ4n) is 12.6. The summed E-state index contributed by atoms with van der Waals surface area (Å²) in [6.45, 7) is 38.3. The minimum Gasteiger partial charge on any atom is -0.468 e. The molecule has 0 atom stereocenters. The van der Waals surface area contributed by atoms with Gasteiger partial charge in [0.05, 0.1) is 19.4 Å². The molecule has 0 fully saturated rings. The number of rotatable bonds is 4. The molecule has 7 aromatic rings. The van der Waals surface area contributed by atoms with Crippen LogP contribution in [0.3, 0.4) is 0 Å². The van der Waals surface area contributed by atoms with Crippen LogP contribution in [0.1, 0.15) is 141 Å². The molecule has 0 bridgehead atoms. The molecule has 0 amide bonds. The van der Waals surface area contributed by atoms with Gasteiger partial charge in [0.2, 0.25) is 0 Å². The largest absolute Gasteiger partial charge is 0.468 e. The Labute approximate surface area is 409 Å². The average Bonchev–Trinajstić information content (AvgIpc) is 3.64. The summed E-state index contributed by atoms with van der Waals surface area (Å²) in [5, 5.41) is 2.69. The van der Waals surface area contributed by atoms with E-state index >= 15 is 0 Å². The normalized spacial score (nSPS) is 18.4. The van der Waals surface area contributed by atoms with Crippen molar-refractivity contribution in [2.75, 3.05) is 9.80 Å². The molecule has 5 heteroatoms. The smallest absolute Gasteiger partial charge is 0.297 e. The summed E-state index contributed by atoms with van der Waals surface area (Å²) in [4.78, 5) is 5.25. The number of anilines is 6. The van der Waals surface area contributed by atoms with Gasteiger partial charge in [0.1, 0.15) is 5.58 Å². The van der Waals surface area contributed by atoms with Crippen LogP contribution in [0.15, 0.2) is 108 Å². The number of aryl methyl sites for hydroxylation is 2. The molecule has 11 rings (SSSR count). The van der Waals surface area contributed by atoms with Gasteiger partial charge in [0.25, 0.3) is 6.71 Å². The fourth-order valence-corrected chi connectivity index (χ4v) is 13.8. The Bertz CT molecular complexity index is 3220. The van der Waals surface area contributed by atoms with Gasteiger partial charge in [-0.1, -0.05) is 161 Å². The van der Waals surface area contributed by atoms with E-state index in [1.165, 1.54) is 100 Å². The van der Waals surface area contributed by atoms with Gasteiger partial charge in [-0.25, -0.2) is 0 Å². The van der Waals surface area contributed by atoms with Gasteiger partial charge in [-0.15, -0.1) is 0 Å². The van der Waals surface area contributed by atoms with Crippen molar-refractivity contribution in [1.82, 2.24) is 0 Å². The van der Waals surface area contributed by atoms with Crippen LogP contribution < -0.4 is 31.6 Å². The lowest BCUT2D eigenvalue weighted by Gasteiger charge is -2.47. The van der Waals surface area contributed by atoms with Crippen LogP contribution in [0.25, 0.3) is 22.1 Å². The Hall–Kier alpha value is -5.26. The number of hydrogen-bond acceptors (Lipinski definition) is 3. The third-order valence-corrected chi connectivity index (χ3v) is 19.3. The van der Waals surface area contributed by atoms with E-state index in [2.05, 4.69) is 223 Å². The minimum atomic E-state index is -1.53. The zero-order valence-electron chi connectivity index (χ0n) is 44.0. The van der Waals surface area contributed by atoms with Crippen molar-refractivity contribution in [3.8, 4) is 11.1 Å². The molecule has 2 aliphatic heterocycles. The molecule has 68 heavy (non-hydrogen) atoms. The van der Waals surface area contributed by atoms with Crippen LogP contribution in [-0.4, -0.2) is 14.8 Å². The Morgan fingerprint density at radius 1 is 0.544 bits per heavy atom. The summed E-state index contributed by atoms with van der Waals surface area (Å²) in [5.41, 5.74) is 24.3. The Balaban J connectivity index is 1.31. The Morgan fingerprint density at radius 2 is 1.09 bits per heavy atom. The van der Waals surface area contributed by atoms with Crippen LogP contribution in [-0.2, 0) is 27.1 Å². The molecule has 0 N–H and O–H groups in total. The second-order valence-corrected chi connectivity index (χ2v) is 31.2. The molecule has 2 aliphatic carbocycles. The number of benzene rings is 6. The number of fused-ring (bicyclic) bond motifs is 8. The molecule has 3 heterocycles. The van der Waals surface area contributed by atoms with Crippen molar-refractivity contribution in [2.45, 2.75) is 162 Å². The van der Waals surface area contributed by atoms with Gasteiger partial charge in [0.15, 0.2) is 0 Å². The lowest BCUT2D eigenvalue weighted by atomic mass is 9.35. The maximum atomic E-state index is 7.67.